The number of hydrogen-bond donors (Lipinski definition) is 2. The Morgan fingerprint density at radius 3 is 2.37 bits per heavy atom. The second kappa shape index (κ2) is 7.36. The average molecular weight is 451 g/mol. The molecule has 4 fully saturated rings. The van der Waals surface area contributed by atoms with Crippen LogP contribution in [0.5, 0.6) is 5.75 Å². The lowest BCUT2D eigenvalue weighted by atomic mass is 9.48. The minimum Gasteiger partial charge on any atom is -0.496 e. The lowest BCUT2D eigenvalue weighted by molar-refractivity contribution is -0.0672. The molecule has 4 aliphatic carbocycles. The smallest absolute Gasteiger partial charge is 0.261 e. The van der Waals surface area contributed by atoms with E-state index in [0.29, 0.717) is 21.8 Å². The van der Waals surface area contributed by atoms with Crippen molar-refractivity contribution in [2.75, 3.05) is 7.11 Å². The highest BCUT2D eigenvalue weighted by molar-refractivity contribution is 9.10. The van der Waals surface area contributed by atoms with E-state index >= 15 is 0 Å². The molecule has 0 saturated heterocycles. The van der Waals surface area contributed by atoms with Crippen LogP contribution in [0.1, 0.15) is 55.8 Å². The molecule has 2 N–H and O–H groups in total. The first-order valence-electron chi connectivity index (χ1n) is 9.84. The molecule has 0 aromatic heterocycles. The van der Waals surface area contributed by atoms with Gasteiger partial charge < -0.3 is 10.1 Å². The Hall–Kier alpha value is -1.14. The van der Waals surface area contributed by atoms with Gasteiger partial charge in [-0.25, -0.2) is 0 Å². The Morgan fingerprint density at radius 1 is 1.22 bits per heavy atom. The standard InChI is InChI=1S/C21H27BrN2O2S/c1-12(21-9-13-5-14(10-21)7-15(6-13)11-21)23-20(27)24-19(25)17-8-16(22)3-4-18(17)26-2/h3-4,8,12-15H,5-7,9-11H2,1-2H3,(H2,23,24,25,27)/t12-,13?,14?,15?,21?/m0/s1. The van der Waals surface area contributed by atoms with E-state index < -0.39 is 0 Å². The summed E-state index contributed by atoms with van der Waals surface area (Å²) in [6.07, 6.45) is 8.21. The van der Waals surface area contributed by atoms with Crippen LogP contribution >= 0.6 is 28.1 Å². The van der Waals surface area contributed by atoms with E-state index in [2.05, 4.69) is 33.5 Å². The van der Waals surface area contributed by atoms with Crippen LogP contribution in [-0.2, 0) is 0 Å². The van der Waals surface area contributed by atoms with Crippen molar-refractivity contribution >= 4 is 39.2 Å². The van der Waals surface area contributed by atoms with Crippen molar-refractivity contribution in [1.29, 1.82) is 0 Å². The molecule has 0 radical (unpaired) electrons. The van der Waals surface area contributed by atoms with Gasteiger partial charge in [-0.15, -0.1) is 0 Å². The summed E-state index contributed by atoms with van der Waals surface area (Å²) in [6, 6.07) is 5.65. The fourth-order valence-corrected chi connectivity index (χ4v) is 6.75. The first kappa shape index (κ1) is 19.2. The van der Waals surface area contributed by atoms with Gasteiger partial charge in [0, 0.05) is 10.5 Å². The Labute approximate surface area is 174 Å². The molecular weight excluding hydrogens is 424 g/mol. The van der Waals surface area contributed by atoms with Crippen molar-refractivity contribution in [3.8, 4) is 5.75 Å². The molecule has 1 aromatic rings. The molecule has 4 aliphatic rings. The Bertz CT molecular complexity index is 731. The summed E-state index contributed by atoms with van der Waals surface area (Å²) in [6.45, 7) is 2.24. The number of benzene rings is 1. The Kier molecular flexibility index (Phi) is 5.23. The molecule has 0 heterocycles. The third-order valence-electron chi connectivity index (χ3n) is 6.98. The highest BCUT2D eigenvalue weighted by atomic mass is 79.9. The number of nitrogens with one attached hydrogen (secondary N) is 2. The van der Waals surface area contributed by atoms with E-state index in [4.69, 9.17) is 17.0 Å². The highest BCUT2D eigenvalue weighted by Gasteiger charge is 2.53. The van der Waals surface area contributed by atoms with E-state index in [1.807, 2.05) is 6.07 Å². The van der Waals surface area contributed by atoms with E-state index in [9.17, 15) is 4.79 Å². The van der Waals surface area contributed by atoms with Crippen LogP contribution in [0.2, 0.25) is 0 Å². The summed E-state index contributed by atoms with van der Waals surface area (Å²) >= 11 is 8.88. The molecule has 0 aliphatic heterocycles. The van der Waals surface area contributed by atoms with Crippen molar-refractivity contribution < 1.29 is 9.53 Å². The lowest BCUT2D eigenvalue weighted by Crippen LogP contribution is -2.57. The first-order chi connectivity index (χ1) is 12.9. The topological polar surface area (TPSA) is 50.4 Å². The van der Waals surface area contributed by atoms with Crippen LogP contribution in [-0.4, -0.2) is 24.2 Å². The van der Waals surface area contributed by atoms with Gasteiger partial charge in [0.1, 0.15) is 5.75 Å². The predicted octanol–water partition coefficient (Wildman–Crippen LogP) is 4.67. The number of hydrogen-bond acceptors (Lipinski definition) is 3. The molecular formula is C21H27BrN2O2S. The summed E-state index contributed by atoms with van der Waals surface area (Å²) in [7, 11) is 1.56. The zero-order valence-electron chi connectivity index (χ0n) is 15.9. The highest BCUT2D eigenvalue weighted by Crippen LogP contribution is 2.61. The van der Waals surface area contributed by atoms with Crippen LogP contribution in [0, 0.1) is 23.2 Å². The van der Waals surface area contributed by atoms with Crippen molar-refractivity contribution in [2.45, 2.75) is 51.5 Å². The van der Waals surface area contributed by atoms with E-state index in [-0.39, 0.29) is 11.9 Å². The van der Waals surface area contributed by atoms with Crippen LogP contribution in [0.15, 0.2) is 22.7 Å². The Balaban J connectivity index is 1.41. The van der Waals surface area contributed by atoms with E-state index in [1.165, 1.54) is 38.5 Å². The largest absolute Gasteiger partial charge is 0.496 e. The lowest BCUT2D eigenvalue weighted by Gasteiger charge is -2.59. The number of methoxy groups -OCH3 is 1. The summed E-state index contributed by atoms with van der Waals surface area (Å²) in [5, 5.41) is 6.69. The molecule has 1 amide bonds. The monoisotopic (exact) mass is 450 g/mol. The molecule has 27 heavy (non-hydrogen) atoms. The van der Waals surface area contributed by atoms with Gasteiger partial charge in [0.05, 0.1) is 12.7 Å². The average Bonchev–Trinajstić information content (AvgIpc) is 2.60. The summed E-state index contributed by atoms with van der Waals surface area (Å²) in [5.41, 5.74) is 0.815. The second-order valence-electron chi connectivity index (χ2n) is 8.77. The second-order valence-corrected chi connectivity index (χ2v) is 10.1. The predicted molar refractivity (Wildman–Crippen MR) is 114 cm³/mol. The quantitative estimate of drug-likeness (QED) is 0.654. The van der Waals surface area contributed by atoms with Crippen LogP contribution in [0.3, 0.4) is 0 Å². The maximum absolute atomic E-state index is 12.7. The number of ether oxygens (including phenoxy) is 1. The van der Waals surface area contributed by atoms with Gasteiger partial charge in [-0.2, -0.15) is 0 Å². The Morgan fingerprint density at radius 2 is 1.81 bits per heavy atom. The first-order valence-corrected chi connectivity index (χ1v) is 11.0. The zero-order valence-corrected chi connectivity index (χ0v) is 18.3. The summed E-state index contributed by atoms with van der Waals surface area (Å²) in [5.74, 6) is 2.98. The van der Waals surface area contributed by atoms with Gasteiger partial charge in [0.25, 0.3) is 5.91 Å². The molecule has 6 heteroatoms. The van der Waals surface area contributed by atoms with Crippen molar-refractivity contribution in [2.24, 2.45) is 23.2 Å². The van der Waals surface area contributed by atoms with E-state index in [1.54, 1.807) is 19.2 Å². The van der Waals surface area contributed by atoms with Crippen LogP contribution < -0.4 is 15.4 Å². The van der Waals surface area contributed by atoms with Gasteiger partial charge >= 0.3 is 0 Å². The number of rotatable bonds is 4. The maximum atomic E-state index is 12.7. The minimum atomic E-state index is -0.247. The molecule has 1 atom stereocenters. The number of halogens is 1. The molecule has 0 unspecified atom stereocenters. The molecule has 5 rings (SSSR count). The van der Waals surface area contributed by atoms with Crippen molar-refractivity contribution in [3.63, 3.8) is 0 Å². The number of amides is 1. The molecule has 0 spiro atoms. The SMILES string of the molecule is COc1ccc(Br)cc1C(=O)NC(=S)N[C@@H](C)C12CC3CC(CC(C3)C1)C2. The van der Waals surface area contributed by atoms with Crippen molar-refractivity contribution in [1.82, 2.24) is 10.6 Å². The van der Waals surface area contributed by atoms with Gasteiger partial charge in [0.2, 0.25) is 0 Å². The third-order valence-corrected chi connectivity index (χ3v) is 7.70. The molecule has 146 valence electrons. The third kappa shape index (κ3) is 3.75. The number of carbonyl (C=O) groups is 1. The van der Waals surface area contributed by atoms with Gasteiger partial charge in [-0.3, -0.25) is 10.1 Å². The van der Waals surface area contributed by atoms with Crippen LogP contribution in [0.4, 0.5) is 0 Å². The van der Waals surface area contributed by atoms with Gasteiger partial charge in [-0.1, -0.05) is 15.9 Å². The minimum absolute atomic E-state index is 0.247. The normalized spacial score (nSPS) is 32.0. The molecule has 4 bridgehead atoms. The number of thiocarbonyl (C=S) groups is 1. The molecule has 4 saturated carbocycles. The fourth-order valence-electron chi connectivity index (χ4n) is 6.12. The maximum Gasteiger partial charge on any atom is 0.261 e. The number of carbonyl (C=O) groups excluding carboxylic acids is 1. The van der Waals surface area contributed by atoms with Crippen LogP contribution in [0.25, 0.3) is 0 Å². The van der Waals surface area contributed by atoms with E-state index in [0.717, 1.165) is 22.2 Å². The molecule has 4 nitrogen and oxygen atoms in total. The fraction of sp³-hybridized carbons (Fsp3) is 0.619. The zero-order chi connectivity index (χ0) is 19.2. The molecule has 1 aromatic carbocycles. The summed E-state index contributed by atoms with van der Waals surface area (Å²) < 4.78 is 6.13. The van der Waals surface area contributed by atoms with Gasteiger partial charge in [-0.05, 0) is 99.0 Å². The van der Waals surface area contributed by atoms with Crippen molar-refractivity contribution in [3.05, 3.63) is 28.2 Å². The van der Waals surface area contributed by atoms with Gasteiger partial charge in [0.15, 0.2) is 5.11 Å². The summed E-state index contributed by atoms with van der Waals surface area (Å²) in [4.78, 5) is 12.7.